The molecule has 2 rings (SSSR count). The van der Waals surface area contributed by atoms with Crippen LogP contribution in [0.4, 0.5) is 0 Å². The number of amides is 1. The van der Waals surface area contributed by atoms with Gasteiger partial charge in [-0.15, -0.1) is 0 Å². The summed E-state index contributed by atoms with van der Waals surface area (Å²) in [5.74, 6) is 0.340. The third kappa shape index (κ3) is 3.45. The lowest BCUT2D eigenvalue weighted by molar-refractivity contribution is -0.122. The molecular weight excluding hydrogens is 288 g/mol. The molecule has 0 radical (unpaired) electrons. The van der Waals surface area contributed by atoms with Crippen LogP contribution in [0.1, 0.15) is 48.4 Å². The number of hydrogen-bond donors (Lipinski definition) is 1. The fraction of sp³-hybridized carbons (Fsp3) is 0.375. The first kappa shape index (κ1) is 15.6. The predicted molar refractivity (Wildman–Crippen MR) is 82.4 cm³/mol. The van der Waals surface area contributed by atoms with E-state index in [0.717, 1.165) is 16.8 Å². The van der Waals surface area contributed by atoms with Crippen molar-refractivity contribution in [2.24, 2.45) is 0 Å². The number of benzene rings is 1. The summed E-state index contributed by atoms with van der Waals surface area (Å²) in [7, 11) is 0. The van der Waals surface area contributed by atoms with Gasteiger partial charge in [0.05, 0.1) is 17.7 Å². The Morgan fingerprint density at radius 1 is 1.24 bits per heavy atom. The van der Waals surface area contributed by atoms with Gasteiger partial charge in [-0.2, -0.15) is 0 Å². The molecule has 0 bridgehead atoms. The molecule has 0 aliphatic heterocycles. The maximum absolute atomic E-state index is 12.4. The smallest absolute Gasteiger partial charge is 0.227 e. The maximum Gasteiger partial charge on any atom is 0.227 e. The molecule has 2 aromatic rings. The summed E-state index contributed by atoms with van der Waals surface area (Å²) in [5.41, 5.74) is 2.63. The van der Waals surface area contributed by atoms with E-state index in [-0.39, 0.29) is 17.9 Å². The molecule has 112 valence electrons. The molecule has 0 saturated carbocycles. The summed E-state index contributed by atoms with van der Waals surface area (Å²) >= 11 is 5.87. The Labute approximate surface area is 129 Å². The standard InChI is InChI=1S/C16H19ClN2O2/c1-9(15-11(3)19-21-12(15)4)16(20)18-10(2)13-5-7-14(17)8-6-13/h5-10H,1-4H3,(H,18,20)/t9-,10+/m1/s1. The van der Waals surface area contributed by atoms with Crippen LogP contribution in [0.5, 0.6) is 0 Å². The maximum atomic E-state index is 12.4. The van der Waals surface area contributed by atoms with Crippen molar-refractivity contribution in [1.82, 2.24) is 10.5 Å². The molecule has 0 saturated heterocycles. The fourth-order valence-corrected chi connectivity index (χ4v) is 2.54. The van der Waals surface area contributed by atoms with E-state index >= 15 is 0 Å². The number of rotatable bonds is 4. The molecule has 2 atom stereocenters. The molecule has 0 spiro atoms. The lowest BCUT2D eigenvalue weighted by Crippen LogP contribution is -2.30. The minimum Gasteiger partial charge on any atom is -0.361 e. The van der Waals surface area contributed by atoms with Gasteiger partial charge in [0.1, 0.15) is 5.76 Å². The number of aryl methyl sites for hydroxylation is 2. The van der Waals surface area contributed by atoms with E-state index in [1.54, 1.807) is 0 Å². The Hall–Kier alpha value is -1.81. The van der Waals surface area contributed by atoms with Gasteiger partial charge in [0.15, 0.2) is 0 Å². The number of halogens is 1. The second kappa shape index (κ2) is 6.31. The first-order valence-corrected chi connectivity index (χ1v) is 7.26. The van der Waals surface area contributed by atoms with E-state index < -0.39 is 0 Å². The summed E-state index contributed by atoms with van der Waals surface area (Å²) in [5, 5.41) is 7.59. The normalized spacial score (nSPS) is 13.8. The summed E-state index contributed by atoms with van der Waals surface area (Å²) < 4.78 is 5.12. The number of hydrogen-bond acceptors (Lipinski definition) is 3. The largest absolute Gasteiger partial charge is 0.361 e. The first-order chi connectivity index (χ1) is 9.90. The van der Waals surface area contributed by atoms with Crippen LogP contribution in [0.2, 0.25) is 5.02 Å². The van der Waals surface area contributed by atoms with Crippen LogP contribution in [-0.4, -0.2) is 11.1 Å². The second-order valence-corrected chi connectivity index (χ2v) is 5.68. The molecule has 0 aliphatic carbocycles. The second-order valence-electron chi connectivity index (χ2n) is 5.24. The molecule has 1 aromatic carbocycles. The average Bonchev–Trinajstić information content (AvgIpc) is 2.78. The molecule has 21 heavy (non-hydrogen) atoms. The van der Waals surface area contributed by atoms with Crippen molar-refractivity contribution in [3.8, 4) is 0 Å². The fourth-order valence-electron chi connectivity index (χ4n) is 2.41. The van der Waals surface area contributed by atoms with Gasteiger partial charge in [0.25, 0.3) is 0 Å². The van der Waals surface area contributed by atoms with Gasteiger partial charge in [0, 0.05) is 10.6 Å². The topological polar surface area (TPSA) is 55.1 Å². The number of carbonyl (C=O) groups is 1. The number of aromatic nitrogens is 1. The summed E-state index contributed by atoms with van der Waals surface area (Å²) in [6.45, 7) is 7.47. The molecule has 4 nitrogen and oxygen atoms in total. The van der Waals surface area contributed by atoms with Crippen molar-refractivity contribution in [2.75, 3.05) is 0 Å². The Balaban J connectivity index is 2.09. The third-order valence-corrected chi connectivity index (χ3v) is 3.90. The quantitative estimate of drug-likeness (QED) is 0.931. The average molecular weight is 307 g/mol. The zero-order chi connectivity index (χ0) is 15.6. The van der Waals surface area contributed by atoms with E-state index in [1.807, 2.05) is 52.0 Å². The van der Waals surface area contributed by atoms with Crippen molar-refractivity contribution in [1.29, 1.82) is 0 Å². The predicted octanol–water partition coefficient (Wildman–Crippen LogP) is 3.93. The number of nitrogens with zero attached hydrogens (tertiary/aromatic N) is 1. The molecular formula is C16H19ClN2O2. The van der Waals surface area contributed by atoms with Gasteiger partial charge in [-0.25, -0.2) is 0 Å². The lowest BCUT2D eigenvalue weighted by Gasteiger charge is -2.18. The SMILES string of the molecule is Cc1noc(C)c1[C@@H](C)C(=O)N[C@@H](C)c1ccc(Cl)cc1. The van der Waals surface area contributed by atoms with Gasteiger partial charge in [-0.05, 0) is 45.4 Å². The highest BCUT2D eigenvalue weighted by atomic mass is 35.5. The Kier molecular flexibility index (Phi) is 4.68. The Morgan fingerprint density at radius 2 is 1.86 bits per heavy atom. The highest BCUT2D eigenvalue weighted by Crippen LogP contribution is 2.24. The highest BCUT2D eigenvalue weighted by Gasteiger charge is 2.24. The number of carbonyl (C=O) groups excluding carboxylic acids is 1. The molecule has 1 heterocycles. The van der Waals surface area contributed by atoms with Crippen LogP contribution in [-0.2, 0) is 4.79 Å². The van der Waals surface area contributed by atoms with Crippen molar-refractivity contribution >= 4 is 17.5 Å². The van der Waals surface area contributed by atoms with Crippen molar-refractivity contribution < 1.29 is 9.32 Å². The summed E-state index contributed by atoms with van der Waals surface area (Å²) in [6, 6.07) is 7.37. The zero-order valence-corrected chi connectivity index (χ0v) is 13.4. The van der Waals surface area contributed by atoms with Crippen LogP contribution in [0, 0.1) is 13.8 Å². The first-order valence-electron chi connectivity index (χ1n) is 6.88. The van der Waals surface area contributed by atoms with Crippen molar-refractivity contribution in [2.45, 2.75) is 39.7 Å². The third-order valence-electron chi connectivity index (χ3n) is 3.64. The highest BCUT2D eigenvalue weighted by molar-refractivity contribution is 6.30. The Morgan fingerprint density at radius 3 is 2.38 bits per heavy atom. The minimum atomic E-state index is -0.300. The molecule has 1 N–H and O–H groups in total. The molecule has 0 aliphatic rings. The van der Waals surface area contributed by atoms with Crippen LogP contribution in [0.3, 0.4) is 0 Å². The molecule has 1 aromatic heterocycles. The van der Waals surface area contributed by atoms with E-state index in [4.69, 9.17) is 16.1 Å². The van der Waals surface area contributed by atoms with Crippen LogP contribution < -0.4 is 5.32 Å². The molecule has 0 unspecified atom stereocenters. The van der Waals surface area contributed by atoms with Gasteiger partial charge in [-0.3, -0.25) is 4.79 Å². The van der Waals surface area contributed by atoms with E-state index in [0.29, 0.717) is 10.8 Å². The summed E-state index contributed by atoms with van der Waals surface area (Å²) in [6.07, 6.45) is 0. The van der Waals surface area contributed by atoms with Gasteiger partial charge in [-0.1, -0.05) is 28.9 Å². The van der Waals surface area contributed by atoms with Gasteiger partial charge >= 0.3 is 0 Å². The van der Waals surface area contributed by atoms with E-state index in [2.05, 4.69) is 10.5 Å². The van der Waals surface area contributed by atoms with Crippen LogP contribution >= 0.6 is 11.6 Å². The Bertz CT molecular complexity index is 615. The lowest BCUT2D eigenvalue weighted by atomic mass is 9.98. The van der Waals surface area contributed by atoms with Crippen molar-refractivity contribution in [3.05, 3.63) is 51.9 Å². The van der Waals surface area contributed by atoms with Gasteiger partial charge in [0.2, 0.25) is 5.91 Å². The zero-order valence-electron chi connectivity index (χ0n) is 12.6. The number of nitrogens with one attached hydrogen (secondary N) is 1. The molecule has 5 heteroatoms. The van der Waals surface area contributed by atoms with Gasteiger partial charge < -0.3 is 9.84 Å². The van der Waals surface area contributed by atoms with Crippen molar-refractivity contribution in [3.63, 3.8) is 0 Å². The monoisotopic (exact) mass is 306 g/mol. The minimum absolute atomic E-state index is 0.0492. The van der Waals surface area contributed by atoms with Crippen LogP contribution in [0.15, 0.2) is 28.8 Å². The molecule has 1 amide bonds. The van der Waals surface area contributed by atoms with E-state index in [1.165, 1.54) is 0 Å². The van der Waals surface area contributed by atoms with E-state index in [9.17, 15) is 4.79 Å². The summed E-state index contributed by atoms with van der Waals surface area (Å²) in [4.78, 5) is 12.4. The molecule has 0 fully saturated rings. The van der Waals surface area contributed by atoms with Crippen LogP contribution in [0.25, 0.3) is 0 Å².